The average Bonchev–Trinajstić information content (AvgIpc) is 3.21. The van der Waals surface area contributed by atoms with E-state index in [0.717, 1.165) is 38.8 Å². The van der Waals surface area contributed by atoms with Gasteiger partial charge in [-0.1, -0.05) is 0 Å². The quantitative estimate of drug-likeness (QED) is 0.769. The third-order valence-corrected chi connectivity index (χ3v) is 4.17. The van der Waals surface area contributed by atoms with Crippen LogP contribution in [0.25, 0.3) is 0 Å². The van der Waals surface area contributed by atoms with Crippen LogP contribution in [-0.2, 0) is 13.5 Å². The van der Waals surface area contributed by atoms with Crippen molar-refractivity contribution in [1.29, 1.82) is 0 Å². The molecule has 3 rings (SSSR count). The molecule has 1 atom stereocenters. The van der Waals surface area contributed by atoms with Crippen molar-refractivity contribution >= 4 is 18.3 Å². The fourth-order valence-corrected chi connectivity index (χ4v) is 2.91. The van der Waals surface area contributed by atoms with Crippen molar-refractivity contribution in [2.45, 2.75) is 31.7 Å². The van der Waals surface area contributed by atoms with Crippen LogP contribution in [0.4, 0.5) is 0 Å². The largest absolute Gasteiger partial charge is 0.351 e. The standard InChI is InChI=1S/C16H24N6O.ClH/c1-21-12-13(10-19-21)4-2-8-18-16(23)15-6-9-22(20-15)14-5-3-7-17-11-14;/h6,9-10,12,14,17H,2-5,7-8,11H2,1H3,(H,18,23);1H. The van der Waals surface area contributed by atoms with Crippen LogP contribution in [0.5, 0.6) is 0 Å². The van der Waals surface area contributed by atoms with Crippen LogP contribution in [0.1, 0.15) is 41.4 Å². The number of hydrogen-bond donors (Lipinski definition) is 2. The molecule has 0 aliphatic carbocycles. The third kappa shape index (κ3) is 4.82. The molecule has 1 amide bonds. The molecule has 2 N–H and O–H groups in total. The topological polar surface area (TPSA) is 76.8 Å². The minimum absolute atomic E-state index is 0. The van der Waals surface area contributed by atoms with Gasteiger partial charge in [0.05, 0.1) is 12.2 Å². The molecule has 0 spiro atoms. The number of halogens is 1. The second-order valence-corrected chi connectivity index (χ2v) is 6.06. The van der Waals surface area contributed by atoms with Crippen molar-refractivity contribution in [2.24, 2.45) is 7.05 Å². The SMILES string of the molecule is Cl.Cn1cc(CCCNC(=O)c2ccn(C3CCCNC3)n2)cn1. The number of rotatable bonds is 6. The van der Waals surface area contributed by atoms with Gasteiger partial charge in [0.2, 0.25) is 0 Å². The lowest BCUT2D eigenvalue weighted by Gasteiger charge is -2.22. The lowest BCUT2D eigenvalue weighted by atomic mass is 10.1. The summed E-state index contributed by atoms with van der Waals surface area (Å²) in [6.45, 7) is 2.64. The van der Waals surface area contributed by atoms with Gasteiger partial charge >= 0.3 is 0 Å². The molecule has 3 heterocycles. The zero-order valence-corrected chi connectivity index (χ0v) is 14.8. The maximum atomic E-state index is 12.1. The van der Waals surface area contributed by atoms with E-state index in [1.54, 1.807) is 10.7 Å². The second kappa shape index (κ2) is 8.84. The van der Waals surface area contributed by atoms with Crippen molar-refractivity contribution in [1.82, 2.24) is 30.2 Å². The molecule has 7 nitrogen and oxygen atoms in total. The number of piperidine rings is 1. The molecular weight excluding hydrogens is 328 g/mol. The first kappa shape index (κ1) is 18.5. The Kier molecular flexibility index (Phi) is 6.81. The molecule has 2 aromatic heterocycles. The summed E-state index contributed by atoms with van der Waals surface area (Å²) in [4.78, 5) is 12.1. The highest BCUT2D eigenvalue weighted by Gasteiger charge is 2.17. The van der Waals surface area contributed by atoms with Crippen LogP contribution in [0, 0.1) is 0 Å². The van der Waals surface area contributed by atoms with Crippen molar-refractivity contribution < 1.29 is 4.79 Å². The summed E-state index contributed by atoms with van der Waals surface area (Å²) in [7, 11) is 1.91. The number of nitrogens with one attached hydrogen (secondary N) is 2. The summed E-state index contributed by atoms with van der Waals surface area (Å²) in [5, 5.41) is 14.9. The van der Waals surface area contributed by atoms with Gasteiger partial charge in [0, 0.05) is 32.5 Å². The molecule has 1 saturated heterocycles. The Morgan fingerprint density at radius 3 is 3.08 bits per heavy atom. The molecule has 0 bridgehead atoms. The van der Waals surface area contributed by atoms with Gasteiger partial charge in [-0.05, 0) is 43.9 Å². The predicted octanol–water partition coefficient (Wildman–Crippen LogP) is 1.33. The van der Waals surface area contributed by atoms with E-state index in [2.05, 4.69) is 20.8 Å². The van der Waals surface area contributed by atoms with Crippen LogP contribution >= 0.6 is 12.4 Å². The lowest BCUT2D eigenvalue weighted by molar-refractivity contribution is 0.0947. The number of carbonyl (C=O) groups is 1. The molecule has 1 aliphatic rings. The van der Waals surface area contributed by atoms with Gasteiger partial charge in [-0.15, -0.1) is 12.4 Å². The van der Waals surface area contributed by atoms with E-state index in [1.807, 2.05) is 30.3 Å². The van der Waals surface area contributed by atoms with Crippen molar-refractivity contribution in [2.75, 3.05) is 19.6 Å². The molecular formula is C16H25ClN6O. The normalized spacial score (nSPS) is 17.3. The van der Waals surface area contributed by atoms with Crippen molar-refractivity contribution in [3.63, 3.8) is 0 Å². The number of hydrogen-bond acceptors (Lipinski definition) is 4. The fraction of sp³-hybridized carbons (Fsp3) is 0.562. The Morgan fingerprint density at radius 1 is 1.50 bits per heavy atom. The first-order chi connectivity index (χ1) is 11.2. The first-order valence-electron chi connectivity index (χ1n) is 8.24. The van der Waals surface area contributed by atoms with Crippen LogP contribution in [0.2, 0.25) is 0 Å². The number of nitrogens with zero attached hydrogens (tertiary/aromatic N) is 4. The van der Waals surface area contributed by atoms with Gasteiger partial charge in [0.25, 0.3) is 5.91 Å². The highest BCUT2D eigenvalue weighted by atomic mass is 35.5. The van der Waals surface area contributed by atoms with Crippen molar-refractivity contribution in [3.8, 4) is 0 Å². The predicted molar refractivity (Wildman–Crippen MR) is 94.5 cm³/mol. The molecule has 2 aromatic rings. The first-order valence-corrected chi connectivity index (χ1v) is 8.24. The molecule has 8 heteroatoms. The zero-order chi connectivity index (χ0) is 16.1. The van der Waals surface area contributed by atoms with Crippen LogP contribution in [0.3, 0.4) is 0 Å². The zero-order valence-electron chi connectivity index (χ0n) is 13.9. The van der Waals surface area contributed by atoms with E-state index in [-0.39, 0.29) is 18.3 Å². The lowest BCUT2D eigenvalue weighted by Crippen LogP contribution is -2.32. The Morgan fingerprint density at radius 2 is 2.38 bits per heavy atom. The smallest absolute Gasteiger partial charge is 0.271 e. The highest BCUT2D eigenvalue weighted by Crippen LogP contribution is 2.15. The maximum Gasteiger partial charge on any atom is 0.271 e. The monoisotopic (exact) mass is 352 g/mol. The summed E-state index contributed by atoms with van der Waals surface area (Å²) in [6, 6.07) is 2.15. The third-order valence-electron chi connectivity index (χ3n) is 4.17. The van der Waals surface area contributed by atoms with Crippen LogP contribution < -0.4 is 10.6 Å². The van der Waals surface area contributed by atoms with Crippen LogP contribution in [0.15, 0.2) is 24.7 Å². The van der Waals surface area contributed by atoms with Crippen LogP contribution in [-0.4, -0.2) is 45.1 Å². The van der Waals surface area contributed by atoms with E-state index < -0.39 is 0 Å². The summed E-state index contributed by atoms with van der Waals surface area (Å²) < 4.78 is 3.71. The molecule has 1 unspecified atom stereocenters. The van der Waals surface area contributed by atoms with Gasteiger partial charge in [0.1, 0.15) is 5.69 Å². The average molecular weight is 353 g/mol. The van der Waals surface area contributed by atoms with Gasteiger partial charge < -0.3 is 10.6 Å². The van der Waals surface area contributed by atoms with Gasteiger partial charge in [-0.3, -0.25) is 14.2 Å². The number of aromatic nitrogens is 4. The maximum absolute atomic E-state index is 12.1. The number of aryl methyl sites for hydroxylation is 2. The van der Waals surface area contributed by atoms with E-state index in [1.165, 1.54) is 5.56 Å². The second-order valence-electron chi connectivity index (χ2n) is 6.06. The van der Waals surface area contributed by atoms with E-state index in [9.17, 15) is 4.79 Å². The minimum Gasteiger partial charge on any atom is -0.351 e. The summed E-state index contributed by atoms with van der Waals surface area (Å²) in [5.74, 6) is -0.0984. The number of amides is 1. The molecule has 1 fully saturated rings. The molecule has 0 saturated carbocycles. The Labute approximate surface area is 148 Å². The summed E-state index contributed by atoms with van der Waals surface area (Å²) >= 11 is 0. The molecule has 1 aliphatic heterocycles. The Hall–Kier alpha value is -1.86. The van der Waals surface area contributed by atoms with E-state index in [0.29, 0.717) is 18.3 Å². The molecule has 132 valence electrons. The summed E-state index contributed by atoms with van der Waals surface area (Å²) in [5.41, 5.74) is 1.69. The van der Waals surface area contributed by atoms with E-state index in [4.69, 9.17) is 0 Å². The Bertz CT molecular complexity index is 647. The van der Waals surface area contributed by atoms with E-state index >= 15 is 0 Å². The fourth-order valence-electron chi connectivity index (χ4n) is 2.91. The molecule has 24 heavy (non-hydrogen) atoms. The minimum atomic E-state index is -0.0984. The van der Waals surface area contributed by atoms with Gasteiger partial charge in [-0.25, -0.2) is 0 Å². The number of carbonyl (C=O) groups excluding carboxylic acids is 1. The van der Waals surface area contributed by atoms with Crippen molar-refractivity contribution in [3.05, 3.63) is 35.9 Å². The van der Waals surface area contributed by atoms with Gasteiger partial charge in [-0.2, -0.15) is 10.2 Å². The Balaban J connectivity index is 0.00000208. The highest BCUT2D eigenvalue weighted by molar-refractivity contribution is 5.92. The molecule has 0 aromatic carbocycles. The van der Waals surface area contributed by atoms with Gasteiger partial charge in [0.15, 0.2) is 0 Å². The summed E-state index contributed by atoms with van der Waals surface area (Å²) in [6.07, 6.45) is 9.84. The molecule has 0 radical (unpaired) electrons.